The second-order valence-corrected chi connectivity index (χ2v) is 9.73. The highest BCUT2D eigenvalue weighted by atomic mass is 79.9. The molecule has 1 aliphatic rings. The smallest absolute Gasteiger partial charge is 0.289 e. The third-order valence-corrected chi connectivity index (χ3v) is 7.97. The summed E-state index contributed by atoms with van der Waals surface area (Å²) in [5, 5.41) is 11.6. The van der Waals surface area contributed by atoms with E-state index in [1.165, 1.54) is 28.6 Å². The lowest BCUT2D eigenvalue weighted by atomic mass is 9.93. The number of ether oxygens (including phenoxy) is 1. The molecule has 0 fully saturated rings. The molecule has 1 heterocycles. The number of benzene rings is 3. The molecular weight excluding hydrogens is 484 g/mol. The number of para-hydroxylation sites is 1. The second-order valence-electron chi connectivity index (χ2n) is 7.09. The van der Waals surface area contributed by atoms with Gasteiger partial charge in [0.2, 0.25) is 0 Å². The van der Waals surface area contributed by atoms with Crippen LogP contribution in [0.2, 0.25) is 0 Å². The number of methoxy groups -OCH3 is 1. The van der Waals surface area contributed by atoms with Crippen LogP contribution < -0.4 is 9.04 Å². The Morgan fingerprint density at radius 2 is 1.84 bits per heavy atom. The highest BCUT2D eigenvalue weighted by molar-refractivity contribution is 9.10. The second kappa shape index (κ2) is 8.32. The fourth-order valence-corrected chi connectivity index (χ4v) is 6.36. The van der Waals surface area contributed by atoms with Gasteiger partial charge in [-0.15, -0.1) is 0 Å². The van der Waals surface area contributed by atoms with Crippen LogP contribution in [0.5, 0.6) is 5.75 Å². The number of hydrogen-bond donors (Lipinski definition) is 0. The van der Waals surface area contributed by atoms with Crippen molar-refractivity contribution in [3.05, 3.63) is 92.4 Å². The first-order chi connectivity index (χ1) is 14.8. The predicted molar refractivity (Wildman–Crippen MR) is 121 cm³/mol. The van der Waals surface area contributed by atoms with Crippen LogP contribution in [0.3, 0.4) is 0 Å². The van der Waals surface area contributed by atoms with E-state index < -0.39 is 26.7 Å². The molecule has 1 atom stereocenters. The van der Waals surface area contributed by atoms with Crippen molar-refractivity contribution < 1.29 is 18.1 Å². The molecule has 31 heavy (non-hydrogen) atoms. The molecule has 0 saturated heterocycles. The van der Waals surface area contributed by atoms with Crippen molar-refractivity contribution in [3.8, 4) is 5.75 Å². The zero-order chi connectivity index (χ0) is 22.2. The van der Waals surface area contributed by atoms with Crippen molar-refractivity contribution in [3.63, 3.8) is 0 Å². The molecule has 0 spiro atoms. The number of nitro groups is 1. The monoisotopic (exact) mass is 502 g/mol. The first kappa shape index (κ1) is 21.3. The SMILES string of the molecule is COc1cccc(C2CCc3c(Br)cccc3N2S(=O)(=O)c2ccccc2[N+](=O)[O-])c1. The first-order valence-corrected chi connectivity index (χ1v) is 11.8. The number of anilines is 1. The van der Waals surface area contributed by atoms with E-state index in [0.717, 1.165) is 15.6 Å². The molecule has 9 heteroatoms. The van der Waals surface area contributed by atoms with E-state index in [1.54, 1.807) is 37.4 Å². The molecule has 0 amide bonds. The molecule has 0 aromatic heterocycles. The summed E-state index contributed by atoms with van der Waals surface area (Å²) in [6.45, 7) is 0. The van der Waals surface area contributed by atoms with E-state index in [9.17, 15) is 18.5 Å². The van der Waals surface area contributed by atoms with Crippen LogP contribution in [0, 0.1) is 10.1 Å². The predicted octanol–water partition coefficient (Wildman–Crippen LogP) is 5.25. The van der Waals surface area contributed by atoms with Crippen molar-refractivity contribution in [2.24, 2.45) is 0 Å². The van der Waals surface area contributed by atoms with Gasteiger partial charge in [-0.1, -0.05) is 46.3 Å². The van der Waals surface area contributed by atoms with Gasteiger partial charge in [0.25, 0.3) is 15.7 Å². The number of nitro benzene ring substituents is 1. The molecule has 0 saturated carbocycles. The minimum Gasteiger partial charge on any atom is -0.497 e. The Balaban J connectivity index is 1.96. The van der Waals surface area contributed by atoms with E-state index in [0.29, 0.717) is 24.3 Å². The van der Waals surface area contributed by atoms with E-state index in [2.05, 4.69) is 15.9 Å². The Morgan fingerprint density at radius 1 is 1.10 bits per heavy atom. The Morgan fingerprint density at radius 3 is 2.58 bits per heavy atom. The highest BCUT2D eigenvalue weighted by Crippen LogP contribution is 2.45. The van der Waals surface area contributed by atoms with Crippen LogP contribution in [0.1, 0.15) is 23.6 Å². The van der Waals surface area contributed by atoms with Crippen molar-refractivity contribution in [1.29, 1.82) is 0 Å². The van der Waals surface area contributed by atoms with Crippen LogP contribution in [-0.2, 0) is 16.4 Å². The van der Waals surface area contributed by atoms with Crippen molar-refractivity contribution >= 4 is 37.3 Å². The molecule has 7 nitrogen and oxygen atoms in total. The number of hydrogen-bond acceptors (Lipinski definition) is 5. The van der Waals surface area contributed by atoms with Crippen LogP contribution in [0.15, 0.2) is 76.1 Å². The minimum atomic E-state index is -4.25. The summed E-state index contributed by atoms with van der Waals surface area (Å²) in [5.74, 6) is 0.612. The summed E-state index contributed by atoms with van der Waals surface area (Å²) >= 11 is 3.52. The standard InChI is InChI=1S/C22H19BrN2O5S/c1-30-16-7-4-6-15(14-16)19-13-12-17-18(23)8-5-10-20(17)24(19)31(28,29)22-11-3-2-9-21(22)25(26)27/h2-11,14,19H,12-13H2,1H3. The Hall–Kier alpha value is -2.91. The number of nitrogens with zero attached hydrogens (tertiary/aromatic N) is 2. The maximum absolute atomic E-state index is 13.9. The molecule has 4 rings (SSSR count). The van der Waals surface area contributed by atoms with E-state index in [4.69, 9.17) is 4.74 Å². The maximum atomic E-state index is 13.9. The Bertz CT molecular complexity index is 1260. The molecule has 1 unspecified atom stereocenters. The molecular formula is C22H19BrN2O5S. The van der Waals surface area contributed by atoms with Crippen LogP contribution in [0.4, 0.5) is 11.4 Å². The maximum Gasteiger partial charge on any atom is 0.289 e. The highest BCUT2D eigenvalue weighted by Gasteiger charge is 2.40. The normalized spacial score (nSPS) is 15.9. The third-order valence-electron chi connectivity index (χ3n) is 5.36. The lowest BCUT2D eigenvalue weighted by Gasteiger charge is -2.38. The fourth-order valence-electron chi connectivity index (χ4n) is 3.95. The number of halogens is 1. The zero-order valence-electron chi connectivity index (χ0n) is 16.6. The summed E-state index contributed by atoms with van der Waals surface area (Å²) in [6.07, 6.45) is 1.17. The van der Waals surface area contributed by atoms with E-state index in [-0.39, 0.29) is 4.90 Å². The number of fused-ring (bicyclic) bond motifs is 1. The van der Waals surface area contributed by atoms with Gasteiger partial charge in [0, 0.05) is 10.5 Å². The number of sulfonamides is 1. The van der Waals surface area contributed by atoms with Crippen LogP contribution >= 0.6 is 15.9 Å². The lowest BCUT2D eigenvalue weighted by Crippen LogP contribution is -2.38. The van der Waals surface area contributed by atoms with Gasteiger partial charge in [0.15, 0.2) is 4.90 Å². The zero-order valence-corrected chi connectivity index (χ0v) is 19.0. The summed E-state index contributed by atoms with van der Waals surface area (Å²) in [7, 11) is -2.70. The molecule has 0 N–H and O–H groups in total. The minimum absolute atomic E-state index is 0.333. The number of rotatable bonds is 5. The Labute approximate surface area is 188 Å². The van der Waals surface area contributed by atoms with Gasteiger partial charge in [-0.3, -0.25) is 14.4 Å². The average molecular weight is 503 g/mol. The summed E-state index contributed by atoms with van der Waals surface area (Å²) < 4.78 is 35.2. The largest absolute Gasteiger partial charge is 0.497 e. The van der Waals surface area contributed by atoms with E-state index >= 15 is 0 Å². The average Bonchev–Trinajstić information content (AvgIpc) is 2.78. The topological polar surface area (TPSA) is 89.8 Å². The molecule has 160 valence electrons. The molecule has 0 radical (unpaired) electrons. The van der Waals surface area contributed by atoms with Gasteiger partial charge in [-0.2, -0.15) is 0 Å². The molecule has 3 aromatic rings. The molecule has 3 aromatic carbocycles. The van der Waals surface area contributed by atoms with Gasteiger partial charge < -0.3 is 4.74 Å². The Kier molecular flexibility index (Phi) is 5.72. The van der Waals surface area contributed by atoms with Crippen LogP contribution in [0.25, 0.3) is 0 Å². The summed E-state index contributed by atoms with van der Waals surface area (Å²) in [4.78, 5) is 10.6. The first-order valence-electron chi connectivity index (χ1n) is 9.54. The quantitative estimate of drug-likeness (QED) is 0.351. The third kappa shape index (κ3) is 3.79. The van der Waals surface area contributed by atoms with Gasteiger partial charge in [-0.25, -0.2) is 8.42 Å². The molecule has 0 bridgehead atoms. The molecule has 1 aliphatic heterocycles. The van der Waals surface area contributed by atoms with Crippen molar-refractivity contribution in [2.45, 2.75) is 23.8 Å². The van der Waals surface area contributed by atoms with Crippen LogP contribution in [-0.4, -0.2) is 20.5 Å². The summed E-state index contributed by atoms with van der Waals surface area (Å²) in [6, 6.07) is 17.5. The van der Waals surface area contributed by atoms with Gasteiger partial charge in [-0.05, 0) is 54.3 Å². The fraction of sp³-hybridized carbons (Fsp3) is 0.182. The van der Waals surface area contributed by atoms with Gasteiger partial charge >= 0.3 is 0 Å². The van der Waals surface area contributed by atoms with E-state index in [1.807, 2.05) is 12.1 Å². The van der Waals surface area contributed by atoms with Gasteiger partial charge in [0.05, 0.1) is 23.8 Å². The lowest BCUT2D eigenvalue weighted by molar-refractivity contribution is -0.387. The van der Waals surface area contributed by atoms with Crippen molar-refractivity contribution in [1.82, 2.24) is 0 Å². The van der Waals surface area contributed by atoms with Gasteiger partial charge in [0.1, 0.15) is 5.75 Å². The molecule has 0 aliphatic carbocycles. The summed E-state index contributed by atoms with van der Waals surface area (Å²) in [5.41, 5.74) is 1.66. The van der Waals surface area contributed by atoms with Crippen molar-refractivity contribution in [2.75, 3.05) is 11.4 Å².